The first-order valence-corrected chi connectivity index (χ1v) is 7.69. The normalized spacial score (nSPS) is 21.3. The lowest BCUT2D eigenvalue weighted by atomic mass is 9.78. The van der Waals surface area contributed by atoms with E-state index in [-0.39, 0.29) is 5.91 Å². The number of methoxy groups -OCH3 is 1. The third kappa shape index (κ3) is 4.07. The zero-order chi connectivity index (χ0) is 15.9. The first-order valence-electron chi connectivity index (χ1n) is 7.69. The smallest absolute Gasteiger partial charge is 0.307 e. The number of carboxylic acids is 1. The van der Waals surface area contributed by atoms with Crippen LogP contribution >= 0.6 is 0 Å². The molecule has 0 radical (unpaired) electrons. The summed E-state index contributed by atoms with van der Waals surface area (Å²) in [6.45, 7) is 0.897. The van der Waals surface area contributed by atoms with E-state index in [1.807, 2.05) is 24.3 Å². The summed E-state index contributed by atoms with van der Waals surface area (Å²) in [5.74, 6) is -1.98. The molecule has 22 heavy (non-hydrogen) atoms. The minimum absolute atomic E-state index is 0.153. The highest BCUT2D eigenvalue weighted by Crippen LogP contribution is 2.30. The Balaban J connectivity index is 1.98. The van der Waals surface area contributed by atoms with Crippen molar-refractivity contribution in [1.29, 1.82) is 0 Å². The Morgan fingerprint density at radius 2 is 1.82 bits per heavy atom. The fourth-order valence-electron chi connectivity index (χ4n) is 3.08. The molecule has 0 bridgehead atoms. The van der Waals surface area contributed by atoms with Gasteiger partial charge in [0.15, 0.2) is 0 Å². The van der Waals surface area contributed by atoms with Crippen molar-refractivity contribution in [3.63, 3.8) is 0 Å². The number of hydrogen-bond acceptors (Lipinski definition) is 3. The summed E-state index contributed by atoms with van der Waals surface area (Å²) < 4.78 is 5.15. The predicted octanol–water partition coefficient (Wildman–Crippen LogP) is 2.34. The minimum atomic E-state index is -0.861. The van der Waals surface area contributed by atoms with E-state index < -0.39 is 17.8 Å². The summed E-state index contributed by atoms with van der Waals surface area (Å²) in [7, 11) is 1.63. The van der Waals surface area contributed by atoms with Gasteiger partial charge in [-0.1, -0.05) is 37.1 Å². The van der Waals surface area contributed by atoms with Crippen molar-refractivity contribution in [2.45, 2.75) is 38.8 Å². The third-order valence-corrected chi connectivity index (χ3v) is 4.29. The van der Waals surface area contributed by atoms with E-state index in [4.69, 9.17) is 4.74 Å². The van der Waals surface area contributed by atoms with E-state index in [0.717, 1.165) is 24.0 Å². The highest BCUT2D eigenvalue weighted by Gasteiger charge is 2.35. The Morgan fingerprint density at radius 3 is 2.45 bits per heavy atom. The minimum Gasteiger partial charge on any atom is -0.481 e. The highest BCUT2D eigenvalue weighted by molar-refractivity contribution is 5.84. The van der Waals surface area contributed by atoms with Crippen LogP contribution in [-0.2, 0) is 27.5 Å². The van der Waals surface area contributed by atoms with Gasteiger partial charge in [-0.25, -0.2) is 0 Å². The van der Waals surface area contributed by atoms with Crippen LogP contribution in [0, 0.1) is 11.8 Å². The maximum absolute atomic E-state index is 12.3. The second-order valence-corrected chi connectivity index (χ2v) is 5.76. The number of carboxylic acid groups (broad SMARTS) is 1. The molecular formula is C17H23NO4. The molecule has 0 heterocycles. The van der Waals surface area contributed by atoms with Crippen molar-refractivity contribution < 1.29 is 19.4 Å². The van der Waals surface area contributed by atoms with Crippen LogP contribution in [0.5, 0.6) is 0 Å². The molecule has 2 atom stereocenters. The zero-order valence-corrected chi connectivity index (χ0v) is 12.9. The third-order valence-electron chi connectivity index (χ3n) is 4.29. The monoisotopic (exact) mass is 305 g/mol. The lowest BCUT2D eigenvalue weighted by Crippen LogP contribution is -2.39. The fraction of sp³-hybridized carbons (Fsp3) is 0.529. The molecule has 0 aliphatic heterocycles. The lowest BCUT2D eigenvalue weighted by molar-refractivity contribution is -0.148. The summed E-state index contributed by atoms with van der Waals surface area (Å²) in [6, 6.07) is 7.76. The van der Waals surface area contributed by atoms with Gasteiger partial charge in [0.2, 0.25) is 5.91 Å². The SMILES string of the molecule is COCc1ccccc1CNC(=O)C1CCCCC1C(=O)O. The van der Waals surface area contributed by atoms with Crippen molar-refractivity contribution in [3.05, 3.63) is 35.4 Å². The topological polar surface area (TPSA) is 75.6 Å². The van der Waals surface area contributed by atoms with Crippen LogP contribution in [0.2, 0.25) is 0 Å². The van der Waals surface area contributed by atoms with Crippen molar-refractivity contribution in [2.75, 3.05) is 7.11 Å². The molecule has 1 saturated carbocycles. The number of benzene rings is 1. The standard InChI is InChI=1S/C17H23NO4/c1-22-11-13-7-3-2-6-12(13)10-18-16(19)14-8-4-5-9-15(14)17(20)21/h2-3,6-7,14-15H,4-5,8-11H2,1H3,(H,18,19)(H,20,21). The average molecular weight is 305 g/mol. The first kappa shape index (κ1) is 16.5. The summed E-state index contributed by atoms with van der Waals surface area (Å²) in [4.78, 5) is 23.6. The maximum atomic E-state index is 12.3. The molecule has 0 aromatic heterocycles. The number of ether oxygens (including phenoxy) is 1. The molecule has 1 aliphatic carbocycles. The van der Waals surface area contributed by atoms with Crippen LogP contribution in [0.3, 0.4) is 0 Å². The Hall–Kier alpha value is -1.88. The van der Waals surface area contributed by atoms with Crippen LogP contribution in [0.4, 0.5) is 0 Å². The second kappa shape index (κ2) is 7.94. The zero-order valence-electron chi connectivity index (χ0n) is 12.9. The van der Waals surface area contributed by atoms with Gasteiger partial charge in [-0.05, 0) is 24.0 Å². The Labute approximate surface area is 130 Å². The van der Waals surface area contributed by atoms with Gasteiger partial charge < -0.3 is 15.2 Å². The quantitative estimate of drug-likeness (QED) is 0.846. The Morgan fingerprint density at radius 1 is 1.18 bits per heavy atom. The number of nitrogens with one attached hydrogen (secondary N) is 1. The summed E-state index contributed by atoms with van der Waals surface area (Å²) in [5, 5.41) is 12.2. The second-order valence-electron chi connectivity index (χ2n) is 5.76. The number of rotatable bonds is 6. The van der Waals surface area contributed by atoms with Gasteiger partial charge in [0.25, 0.3) is 0 Å². The number of carbonyl (C=O) groups excluding carboxylic acids is 1. The number of aliphatic carboxylic acids is 1. The molecule has 120 valence electrons. The van der Waals surface area contributed by atoms with E-state index >= 15 is 0 Å². The summed E-state index contributed by atoms with van der Waals surface area (Å²) in [5.41, 5.74) is 2.03. The molecule has 0 spiro atoms. The van der Waals surface area contributed by atoms with E-state index in [1.54, 1.807) is 7.11 Å². The van der Waals surface area contributed by atoms with E-state index in [2.05, 4.69) is 5.32 Å². The molecule has 1 amide bonds. The Kier molecular flexibility index (Phi) is 5.95. The summed E-state index contributed by atoms with van der Waals surface area (Å²) >= 11 is 0. The van der Waals surface area contributed by atoms with Crippen LogP contribution in [0.25, 0.3) is 0 Å². The molecule has 1 fully saturated rings. The average Bonchev–Trinajstić information content (AvgIpc) is 2.54. The van der Waals surface area contributed by atoms with E-state index in [9.17, 15) is 14.7 Å². The molecule has 2 N–H and O–H groups in total. The molecule has 0 saturated heterocycles. The number of hydrogen-bond donors (Lipinski definition) is 2. The molecular weight excluding hydrogens is 282 g/mol. The van der Waals surface area contributed by atoms with Crippen LogP contribution in [-0.4, -0.2) is 24.1 Å². The molecule has 1 aromatic carbocycles. The molecule has 5 nitrogen and oxygen atoms in total. The molecule has 2 unspecified atom stereocenters. The Bertz CT molecular complexity index is 529. The lowest BCUT2D eigenvalue weighted by Gasteiger charge is -2.27. The van der Waals surface area contributed by atoms with Crippen molar-refractivity contribution in [2.24, 2.45) is 11.8 Å². The van der Waals surface area contributed by atoms with Gasteiger partial charge in [-0.15, -0.1) is 0 Å². The van der Waals surface area contributed by atoms with E-state index in [1.165, 1.54) is 0 Å². The van der Waals surface area contributed by atoms with Gasteiger partial charge in [-0.3, -0.25) is 9.59 Å². The maximum Gasteiger partial charge on any atom is 0.307 e. The fourth-order valence-corrected chi connectivity index (χ4v) is 3.08. The van der Waals surface area contributed by atoms with Gasteiger partial charge in [0.05, 0.1) is 18.4 Å². The number of carbonyl (C=O) groups is 2. The predicted molar refractivity (Wildman–Crippen MR) is 82.1 cm³/mol. The van der Waals surface area contributed by atoms with Gasteiger partial charge in [0, 0.05) is 13.7 Å². The first-order chi connectivity index (χ1) is 10.6. The van der Waals surface area contributed by atoms with Gasteiger partial charge >= 0.3 is 5.97 Å². The molecule has 1 aliphatic rings. The summed E-state index contributed by atoms with van der Waals surface area (Å²) in [6.07, 6.45) is 3.05. The van der Waals surface area contributed by atoms with Gasteiger partial charge in [-0.2, -0.15) is 0 Å². The van der Waals surface area contributed by atoms with Crippen LogP contribution in [0.1, 0.15) is 36.8 Å². The van der Waals surface area contributed by atoms with Crippen molar-refractivity contribution in [1.82, 2.24) is 5.32 Å². The van der Waals surface area contributed by atoms with Crippen LogP contribution < -0.4 is 5.32 Å². The number of amides is 1. The molecule has 5 heteroatoms. The highest BCUT2D eigenvalue weighted by atomic mass is 16.5. The van der Waals surface area contributed by atoms with E-state index in [0.29, 0.717) is 26.0 Å². The van der Waals surface area contributed by atoms with Crippen molar-refractivity contribution >= 4 is 11.9 Å². The molecule has 2 rings (SSSR count). The van der Waals surface area contributed by atoms with Crippen molar-refractivity contribution in [3.8, 4) is 0 Å². The largest absolute Gasteiger partial charge is 0.481 e. The molecule has 1 aromatic rings. The van der Waals surface area contributed by atoms with Crippen LogP contribution in [0.15, 0.2) is 24.3 Å². The van der Waals surface area contributed by atoms with Gasteiger partial charge in [0.1, 0.15) is 0 Å².